The summed E-state index contributed by atoms with van der Waals surface area (Å²) in [7, 11) is 0. The molecule has 11 aromatic rings. The van der Waals surface area contributed by atoms with Crippen molar-refractivity contribution in [3.05, 3.63) is 217 Å². The predicted octanol–water partition coefficient (Wildman–Crippen LogP) is 15.6. The molecule has 0 amide bonds. The Morgan fingerprint density at radius 3 is 2.00 bits per heavy atom. The lowest BCUT2D eigenvalue weighted by Crippen LogP contribution is -2.28. The van der Waals surface area contributed by atoms with Crippen molar-refractivity contribution in [2.75, 3.05) is 4.90 Å². The summed E-state index contributed by atoms with van der Waals surface area (Å²) in [6, 6.07) is 74.1. The van der Waals surface area contributed by atoms with Crippen molar-refractivity contribution in [3.63, 3.8) is 0 Å². The van der Waals surface area contributed by atoms with Gasteiger partial charge in [0.15, 0.2) is 0 Å². The molecule has 2 aromatic heterocycles. The van der Waals surface area contributed by atoms with Gasteiger partial charge in [-0.25, -0.2) is 0 Å². The summed E-state index contributed by atoms with van der Waals surface area (Å²) in [6.45, 7) is 0. The minimum Gasteiger partial charge on any atom is -0.456 e. The van der Waals surface area contributed by atoms with Gasteiger partial charge < -0.3 is 13.7 Å². The Hall–Kier alpha value is -7.62. The number of benzene rings is 9. The van der Waals surface area contributed by atoms with Crippen LogP contribution in [0.1, 0.15) is 17.2 Å². The number of para-hydroxylation sites is 2. The van der Waals surface area contributed by atoms with Crippen LogP contribution in [-0.2, 0) is 6.42 Å². The van der Waals surface area contributed by atoms with E-state index in [9.17, 15) is 0 Å². The highest BCUT2D eigenvalue weighted by atomic mass is 16.3. The van der Waals surface area contributed by atoms with Crippen LogP contribution in [0.3, 0.4) is 0 Å². The first kappa shape index (κ1) is 33.5. The largest absolute Gasteiger partial charge is 0.456 e. The number of nitrogens with zero attached hydrogens (tertiary/aromatic N) is 1. The summed E-state index contributed by atoms with van der Waals surface area (Å²) >= 11 is 0. The van der Waals surface area contributed by atoms with Crippen molar-refractivity contribution in [1.29, 1.82) is 0 Å². The van der Waals surface area contributed by atoms with Crippen LogP contribution < -0.4 is 4.90 Å². The van der Waals surface area contributed by atoms with E-state index in [4.69, 9.17) is 8.83 Å². The van der Waals surface area contributed by atoms with Crippen LogP contribution in [0.15, 0.2) is 215 Å². The molecule has 0 bridgehead atoms. The molecule has 3 nitrogen and oxygen atoms in total. The van der Waals surface area contributed by atoms with Crippen molar-refractivity contribution in [2.45, 2.75) is 12.5 Å². The van der Waals surface area contributed by atoms with E-state index in [1.165, 1.54) is 49.5 Å². The third-order valence-electron chi connectivity index (χ3n) is 12.2. The molecule has 0 aliphatic heterocycles. The van der Waals surface area contributed by atoms with Crippen molar-refractivity contribution in [1.82, 2.24) is 0 Å². The summed E-state index contributed by atoms with van der Waals surface area (Å²) in [4.78, 5) is 2.54. The first-order chi connectivity index (χ1) is 29.2. The number of fused-ring (bicyclic) bond motifs is 9. The van der Waals surface area contributed by atoms with Gasteiger partial charge in [-0.3, -0.25) is 0 Å². The fourth-order valence-corrected chi connectivity index (χ4v) is 9.50. The van der Waals surface area contributed by atoms with E-state index in [1.54, 1.807) is 0 Å². The minimum absolute atomic E-state index is 0.0279. The molecule has 0 N–H and O–H groups in total. The van der Waals surface area contributed by atoms with Gasteiger partial charge in [0, 0.05) is 50.6 Å². The summed E-state index contributed by atoms with van der Waals surface area (Å²) in [5.74, 6) is 0.965. The number of rotatable bonds is 6. The summed E-state index contributed by atoms with van der Waals surface area (Å²) in [5, 5.41) is 5.92. The molecule has 1 aliphatic rings. The molecule has 12 rings (SSSR count). The number of furan rings is 2. The van der Waals surface area contributed by atoms with Crippen molar-refractivity contribution >= 4 is 55.1 Å². The van der Waals surface area contributed by atoms with Gasteiger partial charge in [0.25, 0.3) is 0 Å². The summed E-state index contributed by atoms with van der Waals surface area (Å²) < 4.78 is 13.4. The average Bonchev–Trinajstić information content (AvgIpc) is 3.89. The maximum absolute atomic E-state index is 6.88. The third kappa shape index (κ3) is 5.50. The van der Waals surface area contributed by atoms with E-state index in [2.05, 4.69) is 199 Å². The van der Waals surface area contributed by atoms with Gasteiger partial charge in [0.2, 0.25) is 0 Å². The van der Waals surface area contributed by atoms with E-state index in [0.29, 0.717) is 0 Å². The number of anilines is 2. The quantitative estimate of drug-likeness (QED) is 0.169. The SMILES string of the molecule is c1ccc(-c2cccc(N(c3ccc(-c4cccc5c4oc4ccccc45)cc3)C3Cc4c(oc5cccc(-c6ccc7ccccc7c6)c45)-c4ccccc43)c2)cc1. The van der Waals surface area contributed by atoms with Gasteiger partial charge in [-0.1, -0.05) is 164 Å². The van der Waals surface area contributed by atoms with Crippen LogP contribution in [-0.4, -0.2) is 0 Å². The molecule has 3 heteroatoms. The molecule has 1 aliphatic carbocycles. The van der Waals surface area contributed by atoms with Crippen LogP contribution in [0.5, 0.6) is 0 Å². The molecule has 9 aromatic carbocycles. The monoisotopic (exact) mass is 755 g/mol. The highest BCUT2D eigenvalue weighted by Crippen LogP contribution is 2.51. The van der Waals surface area contributed by atoms with Crippen molar-refractivity contribution < 1.29 is 8.83 Å². The van der Waals surface area contributed by atoms with Gasteiger partial charge in [-0.2, -0.15) is 0 Å². The van der Waals surface area contributed by atoms with Gasteiger partial charge in [0.05, 0.1) is 6.04 Å². The Balaban J connectivity index is 1.03. The normalized spacial score (nSPS) is 13.5. The maximum atomic E-state index is 6.88. The van der Waals surface area contributed by atoms with E-state index in [0.717, 1.165) is 67.8 Å². The van der Waals surface area contributed by atoms with Crippen LogP contribution >= 0.6 is 0 Å². The zero-order chi connectivity index (χ0) is 38.9. The second kappa shape index (κ2) is 13.5. The molecule has 0 spiro atoms. The fraction of sp³-hybridized carbons (Fsp3) is 0.0357. The molecule has 2 heterocycles. The molecule has 1 atom stereocenters. The smallest absolute Gasteiger partial charge is 0.143 e. The Kier molecular flexibility index (Phi) is 7.67. The Morgan fingerprint density at radius 1 is 0.407 bits per heavy atom. The standard InChI is InChI=1S/C56H37NO2/c1-2-13-36(14-3-1)40-17-10-18-43(34-40)57(42-31-29-38(30-32-42)45-23-11-24-49-47-20-8-9-25-52(47)58-55(45)49)51-35-50-54-44(41-28-27-37-15-4-5-16-39(37)33-41)22-12-26-53(54)59-56(50)48-21-7-6-19-46(48)51/h1-34,51H,35H2. The molecule has 0 saturated heterocycles. The highest BCUT2D eigenvalue weighted by molar-refractivity contribution is 6.09. The lowest BCUT2D eigenvalue weighted by Gasteiger charge is -2.37. The van der Waals surface area contributed by atoms with Crippen molar-refractivity contribution in [2.24, 2.45) is 0 Å². The third-order valence-corrected chi connectivity index (χ3v) is 12.2. The molecular formula is C56H37NO2. The number of hydrogen-bond acceptors (Lipinski definition) is 3. The molecular weight excluding hydrogens is 719 g/mol. The predicted molar refractivity (Wildman–Crippen MR) is 244 cm³/mol. The van der Waals surface area contributed by atoms with Crippen molar-refractivity contribution in [3.8, 4) is 44.7 Å². The van der Waals surface area contributed by atoms with E-state index >= 15 is 0 Å². The molecule has 0 fully saturated rings. The van der Waals surface area contributed by atoms with Crippen LogP contribution in [0.25, 0.3) is 88.4 Å². The van der Waals surface area contributed by atoms with E-state index < -0.39 is 0 Å². The summed E-state index contributed by atoms with van der Waals surface area (Å²) in [6.07, 6.45) is 0.763. The zero-order valence-electron chi connectivity index (χ0n) is 32.2. The Morgan fingerprint density at radius 2 is 1.08 bits per heavy atom. The van der Waals surface area contributed by atoms with Gasteiger partial charge >= 0.3 is 0 Å². The molecule has 0 radical (unpaired) electrons. The van der Waals surface area contributed by atoms with Crippen LogP contribution in [0.4, 0.5) is 11.4 Å². The Labute approximate surface area is 342 Å². The summed E-state index contributed by atoms with van der Waals surface area (Å²) in [5.41, 5.74) is 15.5. The maximum Gasteiger partial charge on any atom is 0.143 e. The van der Waals surface area contributed by atoms with Gasteiger partial charge in [-0.15, -0.1) is 0 Å². The fourth-order valence-electron chi connectivity index (χ4n) is 9.50. The highest BCUT2D eigenvalue weighted by Gasteiger charge is 2.35. The topological polar surface area (TPSA) is 29.5 Å². The first-order valence-corrected chi connectivity index (χ1v) is 20.3. The lowest BCUT2D eigenvalue weighted by molar-refractivity contribution is 0.603. The van der Waals surface area contributed by atoms with E-state index in [-0.39, 0.29) is 6.04 Å². The second-order valence-electron chi connectivity index (χ2n) is 15.6. The molecule has 0 saturated carbocycles. The molecule has 1 unspecified atom stereocenters. The molecule has 278 valence electrons. The lowest BCUT2D eigenvalue weighted by atomic mass is 9.83. The molecule has 59 heavy (non-hydrogen) atoms. The Bertz CT molecular complexity index is 3370. The average molecular weight is 756 g/mol. The van der Waals surface area contributed by atoms with Gasteiger partial charge in [0.1, 0.15) is 22.5 Å². The van der Waals surface area contributed by atoms with Crippen LogP contribution in [0, 0.1) is 0 Å². The zero-order valence-corrected chi connectivity index (χ0v) is 32.2. The first-order valence-electron chi connectivity index (χ1n) is 20.3. The number of hydrogen-bond donors (Lipinski definition) is 0. The van der Waals surface area contributed by atoms with E-state index in [1.807, 2.05) is 12.1 Å². The van der Waals surface area contributed by atoms with Crippen LogP contribution in [0.2, 0.25) is 0 Å². The van der Waals surface area contributed by atoms with Gasteiger partial charge in [-0.05, 0) is 86.6 Å². The minimum atomic E-state index is -0.0279. The second-order valence-corrected chi connectivity index (χ2v) is 15.6.